The summed E-state index contributed by atoms with van der Waals surface area (Å²) in [7, 11) is 0. The number of carboxylic acids is 1. The molecule has 0 fully saturated rings. The van der Waals surface area contributed by atoms with Crippen LogP contribution in [-0.4, -0.2) is 21.0 Å². The van der Waals surface area contributed by atoms with Gasteiger partial charge in [0.05, 0.1) is 5.69 Å². The molecule has 2 aromatic rings. The smallest absolute Gasteiger partial charge is 0.357 e. The van der Waals surface area contributed by atoms with Crippen LogP contribution in [0.25, 0.3) is 0 Å². The van der Waals surface area contributed by atoms with Crippen molar-refractivity contribution in [3.8, 4) is 0 Å². The Morgan fingerprint density at radius 1 is 1.53 bits per heavy atom. The molecule has 0 aliphatic heterocycles. The summed E-state index contributed by atoms with van der Waals surface area (Å²) in [5, 5.41) is 14.1. The Bertz CT molecular complexity index is 532. The van der Waals surface area contributed by atoms with Crippen molar-refractivity contribution in [1.82, 2.24) is 9.97 Å². The first kappa shape index (κ1) is 11.6. The van der Waals surface area contributed by atoms with Gasteiger partial charge in [-0.15, -0.1) is 11.3 Å². The molecule has 2 rings (SSSR count). The van der Waals surface area contributed by atoms with Gasteiger partial charge < -0.3 is 9.52 Å². The van der Waals surface area contributed by atoms with E-state index in [9.17, 15) is 4.79 Å². The van der Waals surface area contributed by atoms with E-state index in [4.69, 9.17) is 9.52 Å². The average Bonchev–Trinajstić information content (AvgIpc) is 2.87. The number of rotatable bonds is 4. The quantitative estimate of drug-likeness (QED) is 0.870. The Morgan fingerprint density at radius 2 is 2.29 bits per heavy atom. The number of hydrogen-bond donors (Lipinski definition) is 2. The minimum absolute atomic E-state index is 0.131. The second-order valence-electron chi connectivity index (χ2n) is 3.70. The second-order valence-corrected chi connectivity index (χ2v) is 4.56. The Morgan fingerprint density at radius 3 is 2.82 bits per heavy atom. The van der Waals surface area contributed by atoms with Crippen molar-refractivity contribution in [2.75, 3.05) is 5.32 Å². The molecule has 6 nitrogen and oxygen atoms in total. The maximum Gasteiger partial charge on any atom is 0.357 e. The first-order valence-corrected chi connectivity index (χ1v) is 5.85. The van der Waals surface area contributed by atoms with Crippen LogP contribution in [0.5, 0.6) is 0 Å². The molecule has 0 bridgehead atoms. The lowest BCUT2D eigenvalue weighted by atomic mass is 10.2. The molecule has 0 saturated heterocycles. The van der Waals surface area contributed by atoms with Crippen LogP contribution in [0.1, 0.15) is 35.9 Å². The van der Waals surface area contributed by atoms with Crippen molar-refractivity contribution in [3.63, 3.8) is 0 Å². The highest BCUT2D eigenvalue weighted by Gasteiger charge is 2.12. The highest BCUT2D eigenvalue weighted by Crippen LogP contribution is 2.24. The summed E-state index contributed by atoms with van der Waals surface area (Å²) in [6.45, 7) is 4.10. The van der Waals surface area contributed by atoms with Crippen LogP contribution in [0, 0.1) is 0 Å². The van der Waals surface area contributed by atoms with E-state index >= 15 is 0 Å². The van der Waals surface area contributed by atoms with Crippen molar-refractivity contribution < 1.29 is 14.3 Å². The highest BCUT2D eigenvalue weighted by atomic mass is 32.1. The fourth-order valence-corrected chi connectivity index (χ4v) is 1.99. The number of aromatic nitrogens is 2. The van der Waals surface area contributed by atoms with Crippen molar-refractivity contribution in [2.45, 2.75) is 19.8 Å². The molecule has 0 radical (unpaired) electrons. The maximum absolute atomic E-state index is 10.6. The minimum Gasteiger partial charge on any atom is -0.476 e. The monoisotopic (exact) mass is 253 g/mol. The van der Waals surface area contributed by atoms with Gasteiger partial charge in [0.15, 0.2) is 10.8 Å². The zero-order valence-electron chi connectivity index (χ0n) is 9.30. The van der Waals surface area contributed by atoms with Gasteiger partial charge in [0.2, 0.25) is 0 Å². The lowest BCUT2D eigenvalue weighted by Crippen LogP contribution is -1.97. The van der Waals surface area contributed by atoms with Gasteiger partial charge >= 0.3 is 12.0 Å². The normalized spacial score (nSPS) is 10.8. The van der Waals surface area contributed by atoms with E-state index in [1.165, 1.54) is 11.3 Å². The predicted molar refractivity (Wildman–Crippen MR) is 62.9 cm³/mol. The van der Waals surface area contributed by atoms with Crippen LogP contribution in [0.15, 0.2) is 16.1 Å². The van der Waals surface area contributed by atoms with E-state index in [1.807, 2.05) is 19.2 Å². The molecule has 2 aromatic heterocycles. The van der Waals surface area contributed by atoms with Gasteiger partial charge in [0.1, 0.15) is 6.26 Å². The predicted octanol–water partition coefficient (Wildman–Crippen LogP) is 2.70. The number of oxazole rings is 1. The van der Waals surface area contributed by atoms with Crippen LogP contribution in [0.4, 0.5) is 11.1 Å². The van der Waals surface area contributed by atoms with Gasteiger partial charge in [-0.2, -0.15) is 4.98 Å². The first-order chi connectivity index (χ1) is 8.06. The Balaban J connectivity index is 2.11. The molecule has 0 amide bonds. The second kappa shape index (κ2) is 4.54. The van der Waals surface area contributed by atoms with Crippen molar-refractivity contribution in [3.05, 3.63) is 23.0 Å². The Labute approximate surface area is 101 Å². The summed E-state index contributed by atoms with van der Waals surface area (Å²) in [6, 6.07) is 0.132. The van der Waals surface area contributed by atoms with Gasteiger partial charge in [-0.25, -0.2) is 9.78 Å². The Hall–Kier alpha value is -1.89. The number of carboxylic acid groups (broad SMARTS) is 1. The number of anilines is 2. The van der Waals surface area contributed by atoms with E-state index in [0.29, 0.717) is 11.0 Å². The third-order valence-corrected chi connectivity index (χ3v) is 2.83. The standard InChI is InChI=1S/C10H11N3O3S/c1-5(2)7-4-17-10(12-7)13-9-11-6(3-16-9)8(14)15/h3-5H,1-2H3,(H,14,15)(H,11,12,13). The number of nitrogens with one attached hydrogen (secondary N) is 1. The Kier molecular flexibility index (Phi) is 3.10. The summed E-state index contributed by atoms with van der Waals surface area (Å²) >= 11 is 1.42. The molecule has 7 heteroatoms. The third kappa shape index (κ3) is 2.62. The summed E-state index contributed by atoms with van der Waals surface area (Å²) in [4.78, 5) is 18.7. The largest absolute Gasteiger partial charge is 0.476 e. The molecule has 0 aliphatic rings. The lowest BCUT2D eigenvalue weighted by molar-refractivity contribution is 0.0690. The average molecular weight is 253 g/mol. The number of thiazole rings is 1. The number of nitrogens with zero attached hydrogens (tertiary/aromatic N) is 2. The third-order valence-electron chi connectivity index (χ3n) is 2.05. The molecule has 90 valence electrons. The molecule has 2 N–H and O–H groups in total. The van der Waals surface area contributed by atoms with E-state index in [0.717, 1.165) is 12.0 Å². The van der Waals surface area contributed by atoms with Crippen LogP contribution in [0.2, 0.25) is 0 Å². The number of carbonyl (C=O) groups is 1. The molecule has 0 aliphatic carbocycles. The molecule has 0 spiro atoms. The molecule has 0 unspecified atom stereocenters. The molecule has 0 saturated carbocycles. The van der Waals surface area contributed by atoms with Crippen molar-refractivity contribution in [1.29, 1.82) is 0 Å². The topological polar surface area (TPSA) is 88.2 Å². The lowest BCUT2D eigenvalue weighted by Gasteiger charge is -1.97. The van der Waals surface area contributed by atoms with Crippen LogP contribution < -0.4 is 5.32 Å². The van der Waals surface area contributed by atoms with Gasteiger partial charge in [0.25, 0.3) is 0 Å². The van der Waals surface area contributed by atoms with E-state index in [-0.39, 0.29) is 11.7 Å². The fraction of sp³-hybridized carbons (Fsp3) is 0.300. The summed E-state index contributed by atoms with van der Waals surface area (Å²) in [5.41, 5.74) is 0.843. The van der Waals surface area contributed by atoms with Gasteiger partial charge in [-0.1, -0.05) is 13.8 Å². The van der Waals surface area contributed by atoms with Gasteiger partial charge in [0, 0.05) is 5.38 Å². The van der Waals surface area contributed by atoms with Gasteiger partial charge in [-0.05, 0) is 5.92 Å². The molecule has 0 aromatic carbocycles. The molecular weight excluding hydrogens is 242 g/mol. The van der Waals surface area contributed by atoms with Crippen LogP contribution in [0.3, 0.4) is 0 Å². The number of hydrogen-bond acceptors (Lipinski definition) is 6. The number of aromatic carboxylic acids is 1. The summed E-state index contributed by atoms with van der Waals surface area (Å²) in [5.74, 6) is -0.773. The van der Waals surface area contributed by atoms with Crippen molar-refractivity contribution >= 4 is 28.5 Å². The first-order valence-electron chi connectivity index (χ1n) is 4.97. The zero-order chi connectivity index (χ0) is 12.4. The van der Waals surface area contributed by atoms with Crippen LogP contribution in [-0.2, 0) is 0 Å². The summed E-state index contributed by atoms with van der Waals surface area (Å²) in [6.07, 6.45) is 1.08. The van der Waals surface area contributed by atoms with E-state index in [1.54, 1.807) is 0 Å². The molecular formula is C10H11N3O3S. The highest BCUT2D eigenvalue weighted by molar-refractivity contribution is 7.13. The van der Waals surface area contributed by atoms with Crippen molar-refractivity contribution in [2.24, 2.45) is 0 Å². The van der Waals surface area contributed by atoms with E-state index < -0.39 is 5.97 Å². The SMILES string of the molecule is CC(C)c1csc(Nc2nc(C(=O)O)co2)n1. The maximum atomic E-state index is 10.6. The fourth-order valence-electron chi connectivity index (χ4n) is 1.13. The molecule has 17 heavy (non-hydrogen) atoms. The van der Waals surface area contributed by atoms with E-state index in [2.05, 4.69) is 15.3 Å². The van der Waals surface area contributed by atoms with Crippen LogP contribution >= 0.6 is 11.3 Å². The summed E-state index contributed by atoms with van der Waals surface area (Å²) < 4.78 is 4.96. The molecule has 0 atom stereocenters. The van der Waals surface area contributed by atoms with Gasteiger partial charge in [-0.3, -0.25) is 5.32 Å². The molecule has 2 heterocycles. The zero-order valence-corrected chi connectivity index (χ0v) is 10.1. The minimum atomic E-state index is -1.12.